The van der Waals surface area contributed by atoms with Crippen LogP contribution in [0.2, 0.25) is 0 Å². The second-order valence-electron chi connectivity index (χ2n) is 6.03. The Morgan fingerprint density at radius 3 is 2.37 bits per heavy atom. The Labute approximate surface area is 158 Å². The number of aromatic nitrogens is 2. The van der Waals surface area contributed by atoms with Crippen LogP contribution in [0.25, 0.3) is 5.69 Å². The molecule has 0 saturated heterocycles. The summed E-state index contributed by atoms with van der Waals surface area (Å²) < 4.78 is 12.2. The monoisotopic (exact) mass is 365 g/mol. The molecule has 1 aromatic heterocycles. The molecule has 1 amide bonds. The number of benzene rings is 2. The maximum atomic E-state index is 12.8. The molecule has 140 valence electrons. The minimum Gasteiger partial charge on any atom is -0.497 e. The lowest BCUT2D eigenvalue weighted by Crippen LogP contribution is -2.29. The van der Waals surface area contributed by atoms with Crippen LogP contribution in [0.3, 0.4) is 0 Å². The van der Waals surface area contributed by atoms with E-state index in [0.717, 1.165) is 23.4 Å². The van der Waals surface area contributed by atoms with E-state index in [0.29, 0.717) is 5.75 Å². The number of ether oxygens (including phenoxy) is 2. The molecule has 3 rings (SSSR count). The van der Waals surface area contributed by atoms with Crippen molar-refractivity contribution in [3.8, 4) is 17.2 Å². The van der Waals surface area contributed by atoms with E-state index < -0.39 is 0 Å². The summed E-state index contributed by atoms with van der Waals surface area (Å²) in [7, 11) is 3.16. The van der Waals surface area contributed by atoms with Crippen molar-refractivity contribution in [3.05, 3.63) is 72.1 Å². The third-order valence-electron chi connectivity index (χ3n) is 4.37. The molecule has 1 N–H and O–H groups in total. The number of nitrogens with one attached hydrogen (secondary N) is 1. The Morgan fingerprint density at radius 1 is 1.07 bits per heavy atom. The zero-order valence-electron chi connectivity index (χ0n) is 15.7. The van der Waals surface area contributed by atoms with Crippen LogP contribution in [0.15, 0.2) is 60.8 Å². The molecule has 2 aromatic carbocycles. The van der Waals surface area contributed by atoms with E-state index in [-0.39, 0.29) is 17.6 Å². The van der Waals surface area contributed by atoms with Gasteiger partial charge >= 0.3 is 0 Å². The number of carbonyl (C=O) groups is 1. The number of amides is 1. The molecule has 0 bridgehead atoms. The van der Waals surface area contributed by atoms with Gasteiger partial charge in [-0.2, -0.15) is 5.10 Å². The summed E-state index contributed by atoms with van der Waals surface area (Å²) in [5, 5.41) is 7.46. The van der Waals surface area contributed by atoms with Crippen LogP contribution in [0.4, 0.5) is 0 Å². The van der Waals surface area contributed by atoms with Gasteiger partial charge in [-0.25, -0.2) is 4.68 Å². The first-order valence-electron chi connectivity index (χ1n) is 8.80. The molecule has 0 saturated carbocycles. The second kappa shape index (κ2) is 8.40. The van der Waals surface area contributed by atoms with Crippen LogP contribution in [0.5, 0.6) is 11.5 Å². The topological polar surface area (TPSA) is 65.4 Å². The van der Waals surface area contributed by atoms with Crippen LogP contribution in [0, 0.1) is 0 Å². The Hall–Kier alpha value is -3.28. The van der Waals surface area contributed by atoms with Crippen molar-refractivity contribution in [2.45, 2.75) is 19.4 Å². The van der Waals surface area contributed by atoms with E-state index in [2.05, 4.69) is 10.4 Å². The van der Waals surface area contributed by atoms with Gasteiger partial charge in [-0.1, -0.05) is 37.3 Å². The van der Waals surface area contributed by atoms with E-state index in [9.17, 15) is 4.79 Å². The van der Waals surface area contributed by atoms with Gasteiger partial charge in [0, 0.05) is 0 Å². The fourth-order valence-electron chi connectivity index (χ4n) is 2.86. The number of nitrogens with zero attached hydrogens (tertiary/aromatic N) is 2. The predicted octanol–water partition coefficient (Wildman–Crippen LogP) is 3.77. The fraction of sp³-hybridized carbons (Fsp3) is 0.238. The Balaban J connectivity index is 1.82. The maximum Gasteiger partial charge on any atom is 0.276 e. The van der Waals surface area contributed by atoms with Crippen LogP contribution in [0.1, 0.15) is 35.4 Å². The molecule has 0 radical (unpaired) electrons. The Morgan fingerprint density at radius 2 is 1.78 bits per heavy atom. The zero-order chi connectivity index (χ0) is 19.2. The summed E-state index contributed by atoms with van der Waals surface area (Å²) >= 11 is 0. The standard InChI is InChI=1S/C21H23N3O3/c1-4-18(15-10-12-17(26-2)13-11-15)22-21(25)20-19(27-3)14-24(23-20)16-8-6-5-7-9-16/h5-14,18H,4H2,1-3H3,(H,22,25). The lowest BCUT2D eigenvalue weighted by molar-refractivity contribution is 0.0927. The zero-order valence-corrected chi connectivity index (χ0v) is 15.7. The maximum absolute atomic E-state index is 12.8. The number of hydrogen-bond donors (Lipinski definition) is 1. The quantitative estimate of drug-likeness (QED) is 0.692. The molecule has 0 aliphatic heterocycles. The van der Waals surface area contributed by atoms with E-state index in [1.165, 1.54) is 7.11 Å². The van der Waals surface area contributed by atoms with Gasteiger partial charge in [-0.15, -0.1) is 0 Å². The van der Waals surface area contributed by atoms with Crippen LogP contribution in [-0.2, 0) is 0 Å². The minimum absolute atomic E-state index is 0.130. The van der Waals surface area contributed by atoms with Crippen LogP contribution in [-0.4, -0.2) is 29.9 Å². The molecule has 1 atom stereocenters. The first-order valence-corrected chi connectivity index (χ1v) is 8.80. The summed E-state index contributed by atoms with van der Waals surface area (Å²) in [6.07, 6.45) is 2.46. The minimum atomic E-state index is -0.274. The summed E-state index contributed by atoms with van der Waals surface area (Å²) in [6.45, 7) is 2.02. The third kappa shape index (κ3) is 4.11. The highest BCUT2D eigenvalue weighted by Gasteiger charge is 2.21. The highest BCUT2D eigenvalue weighted by Crippen LogP contribution is 2.23. The molecule has 6 nitrogen and oxygen atoms in total. The average molecular weight is 365 g/mol. The molecule has 6 heteroatoms. The molecule has 0 aliphatic rings. The van der Waals surface area contributed by atoms with Crippen LogP contribution >= 0.6 is 0 Å². The van der Waals surface area contributed by atoms with Gasteiger partial charge in [-0.3, -0.25) is 4.79 Å². The average Bonchev–Trinajstić information content (AvgIpc) is 3.17. The predicted molar refractivity (Wildman–Crippen MR) is 104 cm³/mol. The van der Waals surface area contributed by atoms with E-state index >= 15 is 0 Å². The number of carbonyl (C=O) groups excluding carboxylic acids is 1. The van der Waals surface area contributed by atoms with Crippen molar-refractivity contribution < 1.29 is 14.3 Å². The largest absolute Gasteiger partial charge is 0.497 e. The van der Waals surface area contributed by atoms with Gasteiger partial charge in [-0.05, 0) is 36.2 Å². The first-order chi connectivity index (χ1) is 13.2. The lowest BCUT2D eigenvalue weighted by atomic mass is 10.0. The van der Waals surface area contributed by atoms with Gasteiger partial charge in [0.25, 0.3) is 5.91 Å². The number of hydrogen-bond acceptors (Lipinski definition) is 4. The SMILES string of the molecule is CCC(NC(=O)c1nn(-c2ccccc2)cc1OC)c1ccc(OC)cc1. The highest BCUT2D eigenvalue weighted by molar-refractivity contribution is 5.95. The van der Waals surface area contributed by atoms with Crippen molar-refractivity contribution in [1.29, 1.82) is 0 Å². The van der Waals surface area contributed by atoms with Gasteiger partial charge in [0.2, 0.25) is 0 Å². The summed E-state index contributed by atoms with van der Waals surface area (Å²) in [5.74, 6) is 0.938. The summed E-state index contributed by atoms with van der Waals surface area (Å²) in [4.78, 5) is 12.8. The number of rotatable bonds is 7. The van der Waals surface area contributed by atoms with E-state index in [4.69, 9.17) is 9.47 Å². The van der Waals surface area contributed by atoms with Crippen LogP contribution < -0.4 is 14.8 Å². The van der Waals surface area contributed by atoms with Gasteiger partial charge in [0.15, 0.2) is 11.4 Å². The summed E-state index contributed by atoms with van der Waals surface area (Å²) in [5.41, 5.74) is 2.12. The molecule has 1 unspecified atom stereocenters. The second-order valence-corrected chi connectivity index (χ2v) is 6.03. The van der Waals surface area contributed by atoms with Crippen molar-refractivity contribution in [1.82, 2.24) is 15.1 Å². The molecule has 0 spiro atoms. The Kier molecular flexibility index (Phi) is 5.76. The number of methoxy groups -OCH3 is 2. The third-order valence-corrected chi connectivity index (χ3v) is 4.37. The Bertz CT molecular complexity index is 889. The van der Waals surface area contributed by atoms with E-state index in [1.54, 1.807) is 18.0 Å². The fourth-order valence-corrected chi connectivity index (χ4v) is 2.86. The smallest absolute Gasteiger partial charge is 0.276 e. The normalized spacial score (nSPS) is 11.7. The number of para-hydroxylation sites is 1. The lowest BCUT2D eigenvalue weighted by Gasteiger charge is -2.17. The highest BCUT2D eigenvalue weighted by atomic mass is 16.5. The van der Waals surface area contributed by atoms with Crippen molar-refractivity contribution >= 4 is 5.91 Å². The molecular formula is C21H23N3O3. The van der Waals surface area contributed by atoms with E-state index in [1.807, 2.05) is 61.5 Å². The van der Waals surface area contributed by atoms with Gasteiger partial charge in [0.05, 0.1) is 32.1 Å². The molecule has 0 aliphatic carbocycles. The van der Waals surface area contributed by atoms with Gasteiger partial charge in [0.1, 0.15) is 5.75 Å². The first kappa shape index (κ1) is 18.5. The summed E-state index contributed by atoms with van der Waals surface area (Å²) in [6, 6.07) is 17.1. The van der Waals surface area contributed by atoms with Crippen molar-refractivity contribution in [2.24, 2.45) is 0 Å². The molecule has 0 fully saturated rings. The molecule has 27 heavy (non-hydrogen) atoms. The van der Waals surface area contributed by atoms with Crippen molar-refractivity contribution in [2.75, 3.05) is 14.2 Å². The van der Waals surface area contributed by atoms with Crippen molar-refractivity contribution in [3.63, 3.8) is 0 Å². The van der Waals surface area contributed by atoms with Gasteiger partial charge < -0.3 is 14.8 Å². The molecule has 3 aromatic rings. The molecular weight excluding hydrogens is 342 g/mol. The molecule has 1 heterocycles.